The highest BCUT2D eigenvalue weighted by Crippen LogP contribution is 2.22. The average molecular weight is 361 g/mol. The number of rotatable bonds is 4. The molecule has 0 saturated heterocycles. The van der Waals surface area contributed by atoms with Crippen LogP contribution in [0.4, 0.5) is 10.5 Å². The second-order valence-electron chi connectivity index (χ2n) is 6.29. The number of amides is 2. The van der Waals surface area contributed by atoms with Crippen molar-refractivity contribution in [3.63, 3.8) is 0 Å². The van der Waals surface area contributed by atoms with Crippen LogP contribution >= 0.6 is 0 Å². The Morgan fingerprint density at radius 2 is 1.85 bits per heavy atom. The number of pyridine rings is 1. The highest BCUT2D eigenvalue weighted by molar-refractivity contribution is 6.03. The lowest BCUT2D eigenvalue weighted by Crippen LogP contribution is -2.34. The molecule has 4 aromatic rings. The van der Waals surface area contributed by atoms with Crippen molar-refractivity contribution in [2.24, 2.45) is 0 Å². The minimum Gasteiger partial charge on any atom is -0.336 e. The van der Waals surface area contributed by atoms with Gasteiger partial charge in [-0.25, -0.2) is 4.79 Å². The molecule has 0 aliphatic carbocycles. The maximum absolute atomic E-state index is 13.0. The zero-order valence-electron chi connectivity index (χ0n) is 14.8. The quantitative estimate of drug-likeness (QED) is 0.522. The summed E-state index contributed by atoms with van der Waals surface area (Å²) in [6, 6.07) is 16.6. The van der Waals surface area contributed by atoms with Crippen LogP contribution in [-0.4, -0.2) is 27.3 Å². The van der Waals surface area contributed by atoms with E-state index in [9.17, 15) is 9.59 Å². The number of carbonyl (C=O) groups is 1. The van der Waals surface area contributed by atoms with E-state index in [0.29, 0.717) is 29.7 Å². The summed E-state index contributed by atoms with van der Waals surface area (Å²) in [5, 5.41) is 14.2. The van der Waals surface area contributed by atoms with Gasteiger partial charge in [0.1, 0.15) is 5.52 Å². The number of benzene rings is 2. The number of urea groups is 1. The third-order valence-electron chi connectivity index (χ3n) is 4.51. The predicted octanol–water partition coefficient (Wildman–Crippen LogP) is 3.01. The number of anilines is 1. The van der Waals surface area contributed by atoms with Gasteiger partial charge in [0, 0.05) is 29.9 Å². The molecule has 7 heteroatoms. The normalized spacial score (nSPS) is 11.0. The summed E-state index contributed by atoms with van der Waals surface area (Å²) in [5.74, 6) is 0. The van der Waals surface area contributed by atoms with E-state index in [-0.39, 0.29) is 11.6 Å². The van der Waals surface area contributed by atoms with Crippen molar-refractivity contribution in [2.75, 3.05) is 11.9 Å². The van der Waals surface area contributed by atoms with E-state index in [1.165, 1.54) is 0 Å². The Labute approximate surface area is 155 Å². The first-order valence-corrected chi connectivity index (χ1v) is 8.71. The molecule has 4 rings (SSSR count). The molecule has 3 N–H and O–H groups in total. The Kier molecular flexibility index (Phi) is 4.33. The lowest BCUT2D eigenvalue weighted by Gasteiger charge is -2.12. The highest BCUT2D eigenvalue weighted by atomic mass is 16.2. The minimum atomic E-state index is -0.306. The molecule has 2 heterocycles. The Morgan fingerprint density at radius 3 is 2.67 bits per heavy atom. The van der Waals surface area contributed by atoms with Gasteiger partial charge < -0.3 is 15.2 Å². The van der Waals surface area contributed by atoms with Crippen LogP contribution < -0.4 is 16.2 Å². The lowest BCUT2D eigenvalue weighted by atomic mass is 10.1. The SMILES string of the molecule is Cc1[nH]nc2c1c(=O)n(CCNC(=O)Nc1ccccc1)c1ccccc21. The van der Waals surface area contributed by atoms with E-state index in [0.717, 1.165) is 16.6 Å². The lowest BCUT2D eigenvalue weighted by molar-refractivity contribution is 0.251. The summed E-state index contributed by atoms with van der Waals surface area (Å²) in [6.07, 6.45) is 0. The smallest absolute Gasteiger partial charge is 0.319 e. The number of H-pyrrole nitrogens is 1. The molecule has 136 valence electrons. The van der Waals surface area contributed by atoms with Crippen molar-refractivity contribution in [1.29, 1.82) is 0 Å². The van der Waals surface area contributed by atoms with Gasteiger partial charge in [-0.3, -0.25) is 9.89 Å². The number of nitrogens with zero attached hydrogens (tertiary/aromatic N) is 2. The Balaban J connectivity index is 1.58. The van der Waals surface area contributed by atoms with Gasteiger partial charge >= 0.3 is 6.03 Å². The van der Waals surface area contributed by atoms with E-state index < -0.39 is 0 Å². The van der Waals surface area contributed by atoms with Gasteiger partial charge in [0.15, 0.2) is 0 Å². The molecule has 0 radical (unpaired) electrons. The number of aryl methyl sites for hydroxylation is 1. The van der Waals surface area contributed by atoms with Crippen molar-refractivity contribution in [3.8, 4) is 0 Å². The van der Waals surface area contributed by atoms with Crippen LogP contribution in [0.15, 0.2) is 59.4 Å². The van der Waals surface area contributed by atoms with Gasteiger partial charge in [-0.2, -0.15) is 5.10 Å². The number of para-hydroxylation sites is 2. The van der Waals surface area contributed by atoms with Crippen molar-refractivity contribution in [1.82, 2.24) is 20.1 Å². The third-order valence-corrected chi connectivity index (χ3v) is 4.51. The van der Waals surface area contributed by atoms with Gasteiger partial charge in [-0.15, -0.1) is 0 Å². The Bertz CT molecular complexity index is 1180. The van der Waals surface area contributed by atoms with Crippen LogP contribution in [0.5, 0.6) is 0 Å². The fraction of sp³-hybridized carbons (Fsp3) is 0.150. The van der Waals surface area contributed by atoms with Crippen LogP contribution in [-0.2, 0) is 6.54 Å². The van der Waals surface area contributed by atoms with Crippen molar-refractivity contribution in [2.45, 2.75) is 13.5 Å². The molecular formula is C20H19N5O2. The Hall–Kier alpha value is -3.61. The molecule has 2 aromatic carbocycles. The molecule has 7 nitrogen and oxygen atoms in total. The Morgan fingerprint density at radius 1 is 1.11 bits per heavy atom. The first-order valence-electron chi connectivity index (χ1n) is 8.71. The molecule has 0 unspecified atom stereocenters. The van der Waals surface area contributed by atoms with Crippen molar-refractivity contribution < 1.29 is 4.79 Å². The van der Waals surface area contributed by atoms with E-state index in [2.05, 4.69) is 20.8 Å². The topological polar surface area (TPSA) is 91.8 Å². The third kappa shape index (κ3) is 3.15. The van der Waals surface area contributed by atoms with E-state index in [4.69, 9.17) is 0 Å². The summed E-state index contributed by atoms with van der Waals surface area (Å²) in [4.78, 5) is 25.0. The molecule has 2 amide bonds. The molecule has 0 aliphatic rings. The van der Waals surface area contributed by atoms with Gasteiger partial charge in [0.2, 0.25) is 0 Å². The van der Waals surface area contributed by atoms with Gasteiger partial charge in [0.05, 0.1) is 10.9 Å². The van der Waals surface area contributed by atoms with E-state index in [1.807, 2.05) is 61.5 Å². The molecule has 27 heavy (non-hydrogen) atoms. The molecule has 0 aliphatic heterocycles. The summed E-state index contributed by atoms with van der Waals surface area (Å²) in [6.45, 7) is 2.52. The number of hydrogen-bond donors (Lipinski definition) is 3. The fourth-order valence-electron chi connectivity index (χ4n) is 3.24. The molecule has 0 fully saturated rings. The van der Waals surface area contributed by atoms with Gasteiger partial charge in [-0.05, 0) is 25.1 Å². The molecule has 2 aromatic heterocycles. The standard InChI is InChI=1S/C20H19N5O2/c1-13-17-18(24-23-13)15-9-5-6-10-16(15)25(19(17)26)12-11-21-20(27)22-14-7-3-2-4-8-14/h2-10H,11-12H2,1H3,(H,23,24)(H2,21,22,27). The summed E-state index contributed by atoms with van der Waals surface area (Å²) in [5.41, 5.74) is 2.82. The zero-order chi connectivity index (χ0) is 18.8. The number of fused-ring (bicyclic) bond motifs is 3. The largest absolute Gasteiger partial charge is 0.336 e. The number of aromatic nitrogens is 3. The van der Waals surface area contributed by atoms with Crippen LogP contribution in [0.3, 0.4) is 0 Å². The maximum atomic E-state index is 13.0. The number of aromatic amines is 1. The molecule has 0 spiro atoms. The molecular weight excluding hydrogens is 342 g/mol. The minimum absolute atomic E-state index is 0.111. The van der Waals surface area contributed by atoms with Crippen LogP contribution in [0.2, 0.25) is 0 Å². The summed E-state index contributed by atoms with van der Waals surface area (Å²) < 4.78 is 1.68. The van der Waals surface area contributed by atoms with Gasteiger partial charge in [0.25, 0.3) is 5.56 Å². The first kappa shape index (κ1) is 16.8. The maximum Gasteiger partial charge on any atom is 0.319 e. The number of hydrogen-bond acceptors (Lipinski definition) is 3. The molecule has 0 saturated carbocycles. The van der Waals surface area contributed by atoms with Crippen molar-refractivity contribution in [3.05, 3.63) is 70.6 Å². The second kappa shape index (κ2) is 6.95. The zero-order valence-corrected chi connectivity index (χ0v) is 14.8. The highest BCUT2D eigenvalue weighted by Gasteiger charge is 2.14. The number of nitrogens with one attached hydrogen (secondary N) is 3. The first-order chi connectivity index (χ1) is 13.1. The monoisotopic (exact) mass is 361 g/mol. The summed E-state index contributed by atoms with van der Waals surface area (Å²) >= 11 is 0. The average Bonchev–Trinajstić information content (AvgIpc) is 3.07. The molecule has 0 atom stereocenters. The second-order valence-corrected chi connectivity index (χ2v) is 6.29. The van der Waals surface area contributed by atoms with E-state index in [1.54, 1.807) is 4.57 Å². The van der Waals surface area contributed by atoms with Crippen LogP contribution in [0, 0.1) is 6.92 Å². The number of carbonyl (C=O) groups excluding carboxylic acids is 1. The van der Waals surface area contributed by atoms with E-state index >= 15 is 0 Å². The van der Waals surface area contributed by atoms with Gasteiger partial charge in [-0.1, -0.05) is 36.4 Å². The fourth-order valence-corrected chi connectivity index (χ4v) is 3.24. The molecule has 0 bridgehead atoms. The van der Waals surface area contributed by atoms with Crippen LogP contribution in [0.1, 0.15) is 5.69 Å². The van der Waals surface area contributed by atoms with Crippen LogP contribution in [0.25, 0.3) is 21.8 Å². The predicted molar refractivity (Wildman–Crippen MR) is 106 cm³/mol. The summed E-state index contributed by atoms with van der Waals surface area (Å²) in [7, 11) is 0. The van der Waals surface area contributed by atoms with Crippen molar-refractivity contribution >= 4 is 33.5 Å².